The van der Waals surface area contributed by atoms with Crippen LogP contribution < -0.4 is 0 Å². The molecule has 4 nitrogen and oxygen atoms in total. The van der Waals surface area contributed by atoms with Crippen LogP contribution in [0.5, 0.6) is 0 Å². The van der Waals surface area contributed by atoms with Gasteiger partial charge in [-0.05, 0) is 37.0 Å². The number of aryl methyl sites for hydroxylation is 1. The summed E-state index contributed by atoms with van der Waals surface area (Å²) in [5.41, 5.74) is 3.26. The molecule has 27 heavy (non-hydrogen) atoms. The van der Waals surface area contributed by atoms with Crippen molar-refractivity contribution >= 4 is 21.8 Å². The third-order valence-electron chi connectivity index (χ3n) is 4.91. The Morgan fingerprint density at radius 1 is 1.11 bits per heavy atom. The minimum Gasteiger partial charge on any atom is -0.335 e. The van der Waals surface area contributed by atoms with Crippen LogP contribution in [-0.2, 0) is 21.1 Å². The second-order valence-electron chi connectivity index (χ2n) is 7.07. The maximum Gasteiger partial charge on any atom is 0.246 e. The third-order valence-corrected chi connectivity index (χ3v) is 6.66. The van der Waals surface area contributed by atoms with Crippen LogP contribution in [0.1, 0.15) is 23.1 Å². The van der Waals surface area contributed by atoms with E-state index in [1.54, 1.807) is 17.1 Å². The lowest BCUT2D eigenvalue weighted by molar-refractivity contribution is -0.127. The van der Waals surface area contributed by atoms with Crippen molar-refractivity contribution in [2.45, 2.75) is 25.8 Å². The van der Waals surface area contributed by atoms with Gasteiger partial charge >= 0.3 is 0 Å². The first kappa shape index (κ1) is 19.4. The molecule has 0 saturated carbocycles. The largest absolute Gasteiger partial charge is 0.335 e. The van der Waals surface area contributed by atoms with Gasteiger partial charge < -0.3 is 4.90 Å². The van der Waals surface area contributed by atoms with Gasteiger partial charge in [-0.1, -0.05) is 60.2 Å². The molecule has 142 valence electrons. The van der Waals surface area contributed by atoms with Gasteiger partial charge in [0.2, 0.25) is 5.91 Å². The first-order chi connectivity index (χ1) is 12.9. The van der Waals surface area contributed by atoms with Gasteiger partial charge in [0.1, 0.15) is 0 Å². The average molecular weight is 384 g/mol. The highest BCUT2D eigenvalue weighted by molar-refractivity contribution is 7.91. The van der Waals surface area contributed by atoms with Crippen LogP contribution in [-0.4, -0.2) is 43.3 Å². The van der Waals surface area contributed by atoms with Gasteiger partial charge in [-0.3, -0.25) is 4.79 Å². The molecule has 1 aliphatic rings. The Morgan fingerprint density at radius 3 is 2.44 bits per heavy atom. The molecule has 1 fully saturated rings. The van der Waals surface area contributed by atoms with Crippen LogP contribution in [0.2, 0.25) is 0 Å². The molecular weight excluding hydrogens is 358 g/mol. The van der Waals surface area contributed by atoms with E-state index >= 15 is 0 Å². The molecule has 3 rings (SSSR count). The highest BCUT2D eigenvalue weighted by Gasteiger charge is 2.33. The topological polar surface area (TPSA) is 54.5 Å². The molecule has 1 unspecified atom stereocenters. The molecule has 0 aliphatic carbocycles. The predicted octanol–water partition coefficient (Wildman–Crippen LogP) is 3.27. The Balaban J connectivity index is 1.73. The lowest BCUT2D eigenvalue weighted by Gasteiger charge is -2.27. The van der Waals surface area contributed by atoms with Crippen LogP contribution in [0.25, 0.3) is 6.08 Å². The van der Waals surface area contributed by atoms with Crippen molar-refractivity contribution in [2.24, 2.45) is 0 Å². The molecule has 1 atom stereocenters. The molecule has 1 amide bonds. The Hall–Kier alpha value is -2.40. The Labute approximate surface area is 161 Å². The molecule has 1 heterocycles. The maximum atomic E-state index is 12.8. The predicted molar refractivity (Wildman–Crippen MR) is 109 cm³/mol. The molecular formula is C22H25NO3S. The minimum atomic E-state index is -3.05. The number of hydrogen-bond donors (Lipinski definition) is 0. The number of nitrogens with zero attached hydrogens (tertiary/aromatic N) is 1. The van der Waals surface area contributed by atoms with Crippen molar-refractivity contribution in [3.63, 3.8) is 0 Å². The van der Waals surface area contributed by atoms with E-state index < -0.39 is 9.84 Å². The van der Waals surface area contributed by atoms with Crippen molar-refractivity contribution in [3.8, 4) is 0 Å². The van der Waals surface area contributed by atoms with Crippen molar-refractivity contribution in [3.05, 3.63) is 77.4 Å². The lowest BCUT2D eigenvalue weighted by Crippen LogP contribution is -2.41. The standard InChI is InChI=1S/C22H25NO3S/c1-18-7-9-20(10-8-18)11-12-22(24)23(21-14-16-27(25,26)17-21)15-13-19-5-3-2-4-6-19/h2-12,21H,13-17H2,1H3. The number of carbonyl (C=O) groups excluding carboxylic acids is 1. The lowest BCUT2D eigenvalue weighted by atomic mass is 10.1. The Morgan fingerprint density at radius 2 is 1.81 bits per heavy atom. The molecule has 0 bridgehead atoms. The van der Waals surface area contributed by atoms with E-state index in [9.17, 15) is 13.2 Å². The number of benzene rings is 2. The highest BCUT2D eigenvalue weighted by Crippen LogP contribution is 2.19. The highest BCUT2D eigenvalue weighted by atomic mass is 32.2. The Bertz CT molecular complexity index is 902. The first-order valence-electron chi connectivity index (χ1n) is 9.23. The van der Waals surface area contributed by atoms with Gasteiger partial charge in [-0.2, -0.15) is 0 Å². The molecule has 1 saturated heterocycles. The molecule has 0 N–H and O–H groups in total. The third kappa shape index (κ3) is 5.54. The van der Waals surface area contributed by atoms with Crippen molar-refractivity contribution in [1.29, 1.82) is 0 Å². The summed E-state index contributed by atoms with van der Waals surface area (Å²) in [4.78, 5) is 14.6. The van der Waals surface area contributed by atoms with E-state index in [4.69, 9.17) is 0 Å². The fourth-order valence-corrected chi connectivity index (χ4v) is 5.06. The van der Waals surface area contributed by atoms with Crippen LogP contribution in [0.15, 0.2) is 60.7 Å². The van der Waals surface area contributed by atoms with E-state index in [2.05, 4.69) is 0 Å². The van der Waals surface area contributed by atoms with Crippen molar-refractivity contribution in [1.82, 2.24) is 4.90 Å². The summed E-state index contributed by atoms with van der Waals surface area (Å²) in [6, 6.07) is 17.6. The minimum absolute atomic E-state index is 0.0614. The molecule has 2 aromatic rings. The van der Waals surface area contributed by atoms with Gasteiger partial charge in [-0.15, -0.1) is 0 Å². The summed E-state index contributed by atoms with van der Waals surface area (Å²) in [7, 11) is -3.05. The summed E-state index contributed by atoms with van der Waals surface area (Å²) >= 11 is 0. The van der Waals surface area contributed by atoms with E-state index in [-0.39, 0.29) is 23.5 Å². The van der Waals surface area contributed by atoms with Crippen LogP contribution in [0.4, 0.5) is 0 Å². The molecule has 1 aliphatic heterocycles. The van der Waals surface area contributed by atoms with E-state index in [1.807, 2.05) is 61.5 Å². The van der Waals surface area contributed by atoms with Crippen molar-refractivity contribution in [2.75, 3.05) is 18.1 Å². The normalized spacial score (nSPS) is 18.6. The zero-order valence-corrected chi connectivity index (χ0v) is 16.4. The van der Waals surface area contributed by atoms with E-state index in [1.165, 1.54) is 5.56 Å². The van der Waals surface area contributed by atoms with Gasteiger partial charge in [0, 0.05) is 18.7 Å². The molecule has 5 heteroatoms. The van der Waals surface area contributed by atoms with Gasteiger partial charge in [0.25, 0.3) is 0 Å². The summed E-state index contributed by atoms with van der Waals surface area (Å²) in [6.07, 6.45) is 4.57. The average Bonchev–Trinajstić information content (AvgIpc) is 3.02. The summed E-state index contributed by atoms with van der Waals surface area (Å²) in [6.45, 7) is 2.53. The monoisotopic (exact) mass is 383 g/mol. The molecule has 0 aromatic heterocycles. The molecule has 2 aromatic carbocycles. The Kier molecular flexibility index (Phi) is 6.11. The first-order valence-corrected chi connectivity index (χ1v) is 11.0. The summed E-state index contributed by atoms with van der Waals surface area (Å²) in [5, 5.41) is 0. The van der Waals surface area contributed by atoms with Crippen molar-refractivity contribution < 1.29 is 13.2 Å². The number of carbonyl (C=O) groups is 1. The van der Waals surface area contributed by atoms with Gasteiger partial charge in [-0.25, -0.2) is 8.42 Å². The maximum absolute atomic E-state index is 12.8. The molecule has 0 spiro atoms. The SMILES string of the molecule is Cc1ccc(C=CC(=O)N(CCc2ccccc2)C2CCS(=O)(=O)C2)cc1. The van der Waals surface area contributed by atoms with Gasteiger partial charge in [0.15, 0.2) is 9.84 Å². The quantitative estimate of drug-likeness (QED) is 0.720. The van der Waals surface area contributed by atoms with Crippen LogP contribution >= 0.6 is 0 Å². The fourth-order valence-electron chi connectivity index (χ4n) is 3.33. The summed E-state index contributed by atoms with van der Waals surface area (Å²) < 4.78 is 23.8. The zero-order valence-electron chi connectivity index (χ0n) is 15.5. The molecule has 0 radical (unpaired) electrons. The second-order valence-corrected chi connectivity index (χ2v) is 9.30. The van der Waals surface area contributed by atoms with Crippen LogP contribution in [0.3, 0.4) is 0 Å². The number of sulfone groups is 1. The second kappa shape index (κ2) is 8.53. The number of rotatable bonds is 6. The number of hydrogen-bond acceptors (Lipinski definition) is 3. The van der Waals surface area contributed by atoms with E-state index in [0.717, 1.165) is 11.1 Å². The smallest absolute Gasteiger partial charge is 0.246 e. The van der Waals surface area contributed by atoms with Crippen LogP contribution in [0, 0.1) is 6.92 Å². The fraction of sp³-hybridized carbons (Fsp3) is 0.318. The summed E-state index contributed by atoms with van der Waals surface area (Å²) in [5.74, 6) is 0.0917. The zero-order chi connectivity index (χ0) is 19.3. The van der Waals surface area contributed by atoms with E-state index in [0.29, 0.717) is 19.4 Å². The number of amides is 1. The van der Waals surface area contributed by atoms with Gasteiger partial charge in [0.05, 0.1) is 11.5 Å².